The first-order valence-electron chi connectivity index (χ1n) is 10.6. The molecule has 8 heteroatoms. The molecular formula is C26H18FN5O2. The second kappa shape index (κ2) is 8.37. The number of benzene rings is 2. The summed E-state index contributed by atoms with van der Waals surface area (Å²) in [5.41, 5.74) is 4.02. The first-order valence-corrected chi connectivity index (χ1v) is 10.6. The van der Waals surface area contributed by atoms with Gasteiger partial charge < -0.3 is 4.74 Å². The van der Waals surface area contributed by atoms with Crippen LogP contribution >= 0.6 is 0 Å². The Balaban J connectivity index is 1.85. The van der Waals surface area contributed by atoms with Gasteiger partial charge >= 0.3 is 5.97 Å². The van der Waals surface area contributed by atoms with E-state index in [1.54, 1.807) is 55.7 Å². The third-order valence-corrected chi connectivity index (χ3v) is 5.57. The molecule has 3 heterocycles. The van der Waals surface area contributed by atoms with Crippen molar-refractivity contribution >= 4 is 27.9 Å². The van der Waals surface area contributed by atoms with Gasteiger partial charge in [0.05, 0.1) is 23.4 Å². The highest BCUT2D eigenvalue weighted by atomic mass is 19.1. The molecule has 0 unspecified atom stereocenters. The summed E-state index contributed by atoms with van der Waals surface area (Å²) in [6.07, 6.45) is 3.09. The van der Waals surface area contributed by atoms with Gasteiger partial charge in [0.15, 0.2) is 0 Å². The molecule has 0 saturated heterocycles. The molecule has 0 atom stereocenters. The summed E-state index contributed by atoms with van der Waals surface area (Å²) in [6.45, 7) is 3.77. The summed E-state index contributed by atoms with van der Waals surface area (Å²) >= 11 is 0. The second-order valence-corrected chi connectivity index (χ2v) is 7.61. The average Bonchev–Trinajstić information content (AvgIpc) is 3.19. The summed E-state index contributed by atoms with van der Waals surface area (Å²) in [4.78, 5) is 25.8. The van der Waals surface area contributed by atoms with E-state index >= 15 is 0 Å². The lowest BCUT2D eigenvalue weighted by Gasteiger charge is -2.12. The molecule has 5 aromatic rings. The van der Waals surface area contributed by atoms with E-state index in [-0.39, 0.29) is 17.8 Å². The number of pyridine rings is 2. The van der Waals surface area contributed by atoms with E-state index in [2.05, 4.69) is 15.0 Å². The van der Waals surface area contributed by atoms with Gasteiger partial charge in [-0.15, -0.1) is 0 Å². The zero-order valence-corrected chi connectivity index (χ0v) is 18.4. The number of hydrogen-bond donors (Lipinski definition) is 0. The molecule has 0 aliphatic heterocycles. The van der Waals surface area contributed by atoms with E-state index in [0.29, 0.717) is 39.1 Å². The number of esters is 1. The van der Waals surface area contributed by atoms with Gasteiger partial charge in [-0.1, -0.05) is 12.1 Å². The number of aryl methyl sites for hydroxylation is 1. The molecule has 34 heavy (non-hydrogen) atoms. The van der Waals surface area contributed by atoms with Crippen molar-refractivity contribution in [1.29, 1.82) is 5.26 Å². The minimum absolute atomic E-state index is 0.215. The van der Waals surface area contributed by atoms with E-state index in [9.17, 15) is 14.4 Å². The molecule has 166 valence electrons. The lowest BCUT2D eigenvalue weighted by molar-refractivity contribution is 0.0528. The van der Waals surface area contributed by atoms with Crippen LogP contribution in [-0.4, -0.2) is 32.1 Å². The Labute approximate surface area is 194 Å². The SMILES string of the molecule is CCOC(=O)c1cc(-c2ccnc(C#N)c2)cc2c1nc(C)n2-c1ccnc2c(F)cccc12. The molecule has 0 amide bonds. The fourth-order valence-electron chi connectivity index (χ4n) is 4.12. The average molecular weight is 451 g/mol. The number of carbonyl (C=O) groups excluding carboxylic acids is 1. The topological polar surface area (TPSA) is 93.7 Å². The molecule has 0 N–H and O–H groups in total. The summed E-state index contributed by atoms with van der Waals surface area (Å²) in [5, 5.41) is 9.89. The van der Waals surface area contributed by atoms with Gasteiger partial charge in [-0.05, 0) is 61.4 Å². The Kier molecular flexibility index (Phi) is 5.22. The quantitative estimate of drug-likeness (QED) is 0.352. The van der Waals surface area contributed by atoms with Crippen molar-refractivity contribution in [2.45, 2.75) is 13.8 Å². The number of nitrogens with zero attached hydrogens (tertiary/aromatic N) is 5. The van der Waals surface area contributed by atoms with Crippen LogP contribution in [0.25, 0.3) is 38.8 Å². The highest BCUT2D eigenvalue weighted by molar-refractivity contribution is 6.05. The maximum absolute atomic E-state index is 14.5. The Morgan fingerprint density at radius 3 is 2.71 bits per heavy atom. The molecule has 7 nitrogen and oxygen atoms in total. The van der Waals surface area contributed by atoms with E-state index in [4.69, 9.17) is 4.74 Å². The van der Waals surface area contributed by atoms with Crippen molar-refractivity contribution < 1.29 is 13.9 Å². The molecule has 0 fully saturated rings. The van der Waals surface area contributed by atoms with Gasteiger partial charge in [-0.25, -0.2) is 19.2 Å². The van der Waals surface area contributed by atoms with Crippen molar-refractivity contribution in [2.24, 2.45) is 0 Å². The molecule has 0 aliphatic rings. The number of ether oxygens (including phenoxy) is 1. The van der Waals surface area contributed by atoms with Crippen LogP contribution in [0, 0.1) is 24.1 Å². The highest BCUT2D eigenvalue weighted by Gasteiger charge is 2.21. The first-order chi connectivity index (χ1) is 16.5. The maximum atomic E-state index is 14.5. The van der Waals surface area contributed by atoms with Crippen molar-refractivity contribution in [2.75, 3.05) is 6.61 Å². The van der Waals surface area contributed by atoms with E-state index in [0.717, 1.165) is 5.56 Å². The summed E-state index contributed by atoms with van der Waals surface area (Å²) in [7, 11) is 0. The number of fused-ring (bicyclic) bond motifs is 2. The number of carbonyl (C=O) groups is 1. The first kappa shape index (κ1) is 21.2. The van der Waals surface area contributed by atoms with Crippen molar-refractivity contribution in [3.05, 3.63) is 83.8 Å². The standard InChI is InChI=1S/C26H18FN5O2/c1-3-34-26(33)20-12-17(16-7-9-29-18(11-16)14-28)13-23-25(20)31-15(2)32(23)22-8-10-30-24-19(22)5-4-6-21(24)27/h4-13H,3H2,1-2H3. The van der Waals surface area contributed by atoms with Gasteiger partial charge in [-0.3, -0.25) is 9.55 Å². The van der Waals surface area contributed by atoms with Crippen LogP contribution in [0.5, 0.6) is 0 Å². The Bertz CT molecular complexity index is 1630. The third kappa shape index (κ3) is 3.44. The number of nitriles is 1. The zero-order valence-electron chi connectivity index (χ0n) is 18.4. The van der Waals surface area contributed by atoms with Gasteiger partial charge in [0.1, 0.15) is 34.4 Å². The van der Waals surface area contributed by atoms with Crippen LogP contribution in [0.4, 0.5) is 4.39 Å². The molecule has 0 aliphatic carbocycles. The van der Waals surface area contributed by atoms with Crippen LogP contribution in [-0.2, 0) is 4.74 Å². The monoisotopic (exact) mass is 451 g/mol. The molecule has 0 spiro atoms. The lowest BCUT2D eigenvalue weighted by atomic mass is 10.0. The molecule has 0 saturated carbocycles. The van der Waals surface area contributed by atoms with E-state index in [1.165, 1.54) is 6.07 Å². The Morgan fingerprint density at radius 2 is 1.91 bits per heavy atom. The Hall–Kier alpha value is -4.64. The third-order valence-electron chi connectivity index (χ3n) is 5.57. The minimum atomic E-state index is -0.501. The number of para-hydroxylation sites is 1. The van der Waals surface area contributed by atoms with Crippen LogP contribution in [0.1, 0.15) is 28.8 Å². The highest BCUT2D eigenvalue weighted by Crippen LogP contribution is 2.33. The largest absolute Gasteiger partial charge is 0.462 e. The van der Waals surface area contributed by atoms with E-state index < -0.39 is 11.8 Å². The summed E-state index contributed by atoms with van der Waals surface area (Å²) in [5.74, 6) is -0.309. The van der Waals surface area contributed by atoms with Gasteiger partial charge in [-0.2, -0.15) is 5.26 Å². The van der Waals surface area contributed by atoms with Crippen LogP contribution in [0.2, 0.25) is 0 Å². The van der Waals surface area contributed by atoms with E-state index in [1.807, 2.05) is 23.6 Å². The van der Waals surface area contributed by atoms with Crippen molar-refractivity contribution in [1.82, 2.24) is 19.5 Å². The fraction of sp³-hybridized carbons (Fsp3) is 0.115. The summed E-state index contributed by atoms with van der Waals surface area (Å²) < 4.78 is 21.6. The predicted molar refractivity (Wildman–Crippen MR) is 125 cm³/mol. The summed E-state index contributed by atoms with van der Waals surface area (Å²) in [6, 6.07) is 15.6. The molecule has 5 rings (SSSR count). The lowest BCUT2D eigenvalue weighted by Crippen LogP contribution is -2.06. The number of halogens is 1. The van der Waals surface area contributed by atoms with Crippen LogP contribution in [0.3, 0.4) is 0 Å². The normalized spacial score (nSPS) is 11.0. The van der Waals surface area contributed by atoms with Crippen LogP contribution in [0.15, 0.2) is 60.9 Å². The number of aromatic nitrogens is 4. The molecular weight excluding hydrogens is 433 g/mol. The van der Waals surface area contributed by atoms with Gasteiger partial charge in [0.2, 0.25) is 0 Å². The van der Waals surface area contributed by atoms with Crippen molar-refractivity contribution in [3.8, 4) is 22.9 Å². The minimum Gasteiger partial charge on any atom is -0.462 e. The molecule has 3 aromatic heterocycles. The molecule has 0 radical (unpaired) electrons. The van der Waals surface area contributed by atoms with Crippen molar-refractivity contribution in [3.63, 3.8) is 0 Å². The molecule has 2 aromatic carbocycles. The van der Waals surface area contributed by atoms with Gasteiger partial charge in [0.25, 0.3) is 0 Å². The smallest absolute Gasteiger partial charge is 0.340 e. The zero-order chi connectivity index (χ0) is 23.8. The number of rotatable bonds is 4. The Morgan fingerprint density at radius 1 is 1.09 bits per heavy atom. The predicted octanol–water partition coefficient (Wildman–Crippen LogP) is 5.13. The van der Waals surface area contributed by atoms with Gasteiger partial charge in [0, 0.05) is 17.8 Å². The maximum Gasteiger partial charge on any atom is 0.340 e. The molecule has 0 bridgehead atoms. The second-order valence-electron chi connectivity index (χ2n) is 7.61. The van der Waals surface area contributed by atoms with Crippen LogP contribution < -0.4 is 0 Å². The fourth-order valence-corrected chi connectivity index (χ4v) is 4.12. The number of imidazole rings is 1. The number of hydrogen-bond acceptors (Lipinski definition) is 6.